The van der Waals surface area contributed by atoms with E-state index in [1.54, 1.807) is 0 Å². The van der Waals surface area contributed by atoms with Crippen molar-refractivity contribution < 1.29 is 0 Å². The molecular weight excluding hydrogens is 346 g/mol. The van der Waals surface area contributed by atoms with E-state index in [1.165, 1.54) is 53.1 Å². The van der Waals surface area contributed by atoms with Gasteiger partial charge in [0.25, 0.3) is 0 Å². The molecule has 2 aromatic heterocycles. The Kier molecular flexibility index (Phi) is 3.03. The van der Waals surface area contributed by atoms with Crippen molar-refractivity contribution in [3.05, 3.63) is 84.9 Å². The summed E-state index contributed by atoms with van der Waals surface area (Å²) in [6, 6.07) is 30.7. The summed E-state index contributed by atoms with van der Waals surface area (Å²) in [6.07, 6.45) is 0. The average molecular weight is 363 g/mol. The predicted molar refractivity (Wildman–Crippen MR) is 119 cm³/mol. The van der Waals surface area contributed by atoms with Crippen LogP contribution in [0.15, 0.2) is 84.9 Å². The molecule has 0 radical (unpaired) electrons. The molecule has 0 saturated heterocycles. The molecule has 0 saturated carbocycles. The lowest BCUT2D eigenvalue weighted by Gasteiger charge is -2.07. The number of rotatable bonds is 1. The largest absolute Gasteiger partial charge is 0.342 e. The summed E-state index contributed by atoms with van der Waals surface area (Å²) in [5, 5.41) is 5.39. The van der Waals surface area contributed by atoms with Crippen LogP contribution >= 0.6 is 11.3 Å². The molecule has 4 aromatic carbocycles. The van der Waals surface area contributed by atoms with Crippen molar-refractivity contribution in [1.82, 2.24) is 4.57 Å². The van der Waals surface area contributed by atoms with Crippen molar-refractivity contribution in [3.8, 4) is 11.1 Å². The molecule has 6 rings (SSSR count). The third kappa shape index (κ3) is 1.99. The lowest BCUT2D eigenvalue weighted by atomic mass is 9.97. The number of aromatic nitrogens is 1. The Labute approximate surface area is 161 Å². The first kappa shape index (κ1) is 15.0. The molecule has 0 aliphatic heterocycles. The molecule has 128 valence electrons. The van der Waals surface area contributed by atoms with E-state index < -0.39 is 0 Å². The normalized spacial score (nSPS) is 11.9. The van der Waals surface area contributed by atoms with E-state index >= 15 is 0 Å². The fraction of sp³-hybridized carbons (Fsp3) is 0.0400. The molecule has 0 bridgehead atoms. The van der Waals surface area contributed by atoms with E-state index in [-0.39, 0.29) is 0 Å². The summed E-state index contributed by atoms with van der Waals surface area (Å²) in [7, 11) is 2.20. The van der Waals surface area contributed by atoms with Gasteiger partial charge in [-0.3, -0.25) is 0 Å². The zero-order valence-electron chi connectivity index (χ0n) is 14.9. The molecule has 0 aliphatic carbocycles. The SMILES string of the molecule is Cn1c2ccccc2c2c(-c3ccccc3)cc3c4ccccc4sc3c21. The first-order chi connectivity index (χ1) is 13.3. The molecular formula is C25H17NS. The quantitative estimate of drug-likeness (QED) is 0.287. The third-order valence-electron chi connectivity index (χ3n) is 5.60. The summed E-state index contributed by atoms with van der Waals surface area (Å²) < 4.78 is 5.10. The van der Waals surface area contributed by atoms with Crippen LogP contribution in [0.5, 0.6) is 0 Å². The van der Waals surface area contributed by atoms with Crippen molar-refractivity contribution in [2.24, 2.45) is 7.05 Å². The van der Waals surface area contributed by atoms with Crippen LogP contribution in [0, 0.1) is 0 Å². The van der Waals surface area contributed by atoms with E-state index in [2.05, 4.69) is 96.5 Å². The summed E-state index contributed by atoms with van der Waals surface area (Å²) >= 11 is 1.90. The number of nitrogens with zero attached hydrogens (tertiary/aromatic N) is 1. The van der Waals surface area contributed by atoms with Crippen LogP contribution in [0.2, 0.25) is 0 Å². The first-order valence-electron chi connectivity index (χ1n) is 9.20. The Morgan fingerprint density at radius 3 is 2.26 bits per heavy atom. The first-order valence-corrected chi connectivity index (χ1v) is 10.0. The number of hydrogen-bond donors (Lipinski definition) is 0. The van der Waals surface area contributed by atoms with Crippen LogP contribution in [0.25, 0.3) is 53.1 Å². The van der Waals surface area contributed by atoms with Crippen molar-refractivity contribution in [2.75, 3.05) is 0 Å². The second-order valence-corrected chi connectivity index (χ2v) is 8.12. The number of fused-ring (bicyclic) bond motifs is 7. The smallest absolute Gasteiger partial charge is 0.0676 e. The molecule has 0 unspecified atom stereocenters. The van der Waals surface area contributed by atoms with Gasteiger partial charge in [0.05, 0.1) is 10.2 Å². The van der Waals surface area contributed by atoms with E-state index in [9.17, 15) is 0 Å². The van der Waals surface area contributed by atoms with Gasteiger partial charge in [-0.05, 0) is 29.3 Å². The second kappa shape index (κ2) is 5.45. The number of para-hydroxylation sites is 1. The zero-order valence-corrected chi connectivity index (χ0v) is 15.8. The zero-order chi connectivity index (χ0) is 18.0. The minimum absolute atomic E-state index is 1.27. The highest BCUT2D eigenvalue weighted by Crippen LogP contribution is 2.45. The molecule has 0 fully saturated rings. The van der Waals surface area contributed by atoms with Gasteiger partial charge in [0, 0.05) is 38.8 Å². The molecule has 2 heteroatoms. The minimum atomic E-state index is 1.27. The number of thiophene rings is 1. The Morgan fingerprint density at radius 2 is 1.41 bits per heavy atom. The maximum atomic E-state index is 2.40. The summed E-state index contributed by atoms with van der Waals surface area (Å²) in [5.74, 6) is 0. The van der Waals surface area contributed by atoms with Gasteiger partial charge in [-0.2, -0.15) is 0 Å². The van der Waals surface area contributed by atoms with Crippen LogP contribution in [0.3, 0.4) is 0 Å². The molecule has 0 atom stereocenters. The molecule has 0 amide bonds. The lowest BCUT2D eigenvalue weighted by molar-refractivity contribution is 1.02. The fourth-order valence-electron chi connectivity index (χ4n) is 4.38. The number of benzene rings is 4. The topological polar surface area (TPSA) is 4.93 Å². The number of hydrogen-bond acceptors (Lipinski definition) is 1. The highest BCUT2D eigenvalue weighted by Gasteiger charge is 2.19. The Bertz CT molecular complexity index is 1470. The standard InChI is InChI=1S/C25H17NS/c1-26-21-13-7-5-12-18(21)23-19(16-9-3-2-4-10-16)15-20-17-11-6-8-14-22(17)27-25(20)24(23)26/h2-15H,1H3. The number of aryl methyl sites for hydroxylation is 1. The molecule has 0 aliphatic rings. The van der Waals surface area contributed by atoms with Crippen LogP contribution in [-0.2, 0) is 7.05 Å². The molecule has 1 nitrogen and oxygen atoms in total. The maximum absolute atomic E-state index is 2.40. The van der Waals surface area contributed by atoms with Gasteiger partial charge < -0.3 is 4.57 Å². The third-order valence-corrected chi connectivity index (χ3v) is 6.79. The minimum Gasteiger partial charge on any atom is -0.342 e. The van der Waals surface area contributed by atoms with E-state index in [4.69, 9.17) is 0 Å². The Morgan fingerprint density at radius 1 is 0.704 bits per heavy atom. The van der Waals surface area contributed by atoms with E-state index in [1.807, 2.05) is 11.3 Å². The van der Waals surface area contributed by atoms with Crippen molar-refractivity contribution in [1.29, 1.82) is 0 Å². The van der Waals surface area contributed by atoms with Crippen molar-refractivity contribution >= 4 is 53.3 Å². The summed E-state index contributed by atoms with van der Waals surface area (Å²) in [6.45, 7) is 0. The maximum Gasteiger partial charge on any atom is 0.0676 e. The highest BCUT2D eigenvalue weighted by atomic mass is 32.1. The van der Waals surface area contributed by atoms with Gasteiger partial charge in [0.15, 0.2) is 0 Å². The van der Waals surface area contributed by atoms with Crippen molar-refractivity contribution in [2.45, 2.75) is 0 Å². The molecule has 0 spiro atoms. The van der Waals surface area contributed by atoms with Gasteiger partial charge in [0.2, 0.25) is 0 Å². The average Bonchev–Trinajstić information content (AvgIpc) is 3.24. The van der Waals surface area contributed by atoms with Crippen LogP contribution in [0.4, 0.5) is 0 Å². The monoisotopic (exact) mass is 363 g/mol. The Balaban J connectivity index is 1.95. The van der Waals surface area contributed by atoms with Gasteiger partial charge >= 0.3 is 0 Å². The lowest BCUT2D eigenvalue weighted by Crippen LogP contribution is -1.87. The van der Waals surface area contributed by atoms with Gasteiger partial charge in [-0.15, -0.1) is 11.3 Å². The summed E-state index contributed by atoms with van der Waals surface area (Å²) in [4.78, 5) is 0. The van der Waals surface area contributed by atoms with Crippen LogP contribution < -0.4 is 0 Å². The molecule has 6 aromatic rings. The van der Waals surface area contributed by atoms with Gasteiger partial charge in [-0.25, -0.2) is 0 Å². The van der Waals surface area contributed by atoms with Gasteiger partial charge in [-0.1, -0.05) is 66.7 Å². The Hall–Kier alpha value is -3.10. The highest BCUT2D eigenvalue weighted by molar-refractivity contribution is 7.26. The van der Waals surface area contributed by atoms with E-state index in [0.29, 0.717) is 0 Å². The van der Waals surface area contributed by atoms with Crippen molar-refractivity contribution in [3.63, 3.8) is 0 Å². The predicted octanol–water partition coefficient (Wildman–Crippen LogP) is 7.37. The molecule has 27 heavy (non-hydrogen) atoms. The molecule has 2 heterocycles. The van der Waals surface area contributed by atoms with Gasteiger partial charge in [0.1, 0.15) is 0 Å². The van der Waals surface area contributed by atoms with Crippen LogP contribution in [0.1, 0.15) is 0 Å². The van der Waals surface area contributed by atoms with E-state index in [0.717, 1.165) is 0 Å². The summed E-state index contributed by atoms with van der Waals surface area (Å²) in [5.41, 5.74) is 5.22. The molecule has 0 N–H and O–H groups in total. The van der Waals surface area contributed by atoms with Crippen LogP contribution in [-0.4, -0.2) is 4.57 Å². The second-order valence-electron chi connectivity index (χ2n) is 7.06. The fourth-order valence-corrected chi connectivity index (χ4v) is 5.65.